The fraction of sp³-hybridized carbons (Fsp3) is 0.538. The van der Waals surface area contributed by atoms with Gasteiger partial charge in [0.2, 0.25) is 5.91 Å². The van der Waals surface area contributed by atoms with Gasteiger partial charge in [0.15, 0.2) is 0 Å². The van der Waals surface area contributed by atoms with E-state index in [1.807, 2.05) is 6.07 Å². The zero-order valence-corrected chi connectivity index (χ0v) is 10.6. The molecule has 6 heteroatoms. The van der Waals surface area contributed by atoms with Gasteiger partial charge in [-0.3, -0.25) is 4.79 Å². The first-order valence-electron chi connectivity index (χ1n) is 6.30. The van der Waals surface area contributed by atoms with Gasteiger partial charge in [-0.2, -0.15) is 5.26 Å². The molecule has 2 atom stereocenters. The van der Waals surface area contributed by atoms with Crippen LogP contribution in [-0.2, 0) is 11.3 Å². The maximum atomic E-state index is 12.3. The van der Waals surface area contributed by atoms with Crippen LogP contribution in [0.2, 0.25) is 0 Å². The van der Waals surface area contributed by atoms with Crippen LogP contribution in [0, 0.1) is 11.3 Å². The number of rotatable bonds is 5. The monoisotopic (exact) mass is 263 g/mol. The average Bonchev–Trinajstić information content (AvgIpc) is 3.05. The quantitative estimate of drug-likeness (QED) is 0.794. The number of hydrogen-bond acceptors (Lipinski definition) is 5. The topological polar surface area (TPSA) is 89.5 Å². The summed E-state index contributed by atoms with van der Waals surface area (Å²) in [6, 6.07) is 5.23. The number of furan rings is 1. The van der Waals surface area contributed by atoms with Crippen molar-refractivity contribution in [1.82, 2.24) is 10.2 Å². The molecule has 2 heterocycles. The molecular weight excluding hydrogens is 246 g/mol. The molecule has 2 rings (SSSR count). The van der Waals surface area contributed by atoms with Crippen LogP contribution in [0.3, 0.4) is 0 Å². The van der Waals surface area contributed by atoms with Crippen LogP contribution in [0.5, 0.6) is 0 Å². The molecule has 1 amide bonds. The second kappa shape index (κ2) is 6.36. The Hall–Kier alpha value is -1.84. The summed E-state index contributed by atoms with van der Waals surface area (Å²) in [6.07, 6.45) is 1.78. The Morgan fingerprint density at radius 2 is 2.53 bits per heavy atom. The standard InChI is InChI=1S/C13H17N3O3/c14-4-2-5-16(9-11-3-1-6-19-11)13(18)12-7-10(17)8-15-12/h1,3,6,10,12,15,17H,2,5,7-9H2. The second-order valence-electron chi connectivity index (χ2n) is 4.60. The van der Waals surface area contributed by atoms with Crippen molar-refractivity contribution in [2.75, 3.05) is 13.1 Å². The highest BCUT2D eigenvalue weighted by Gasteiger charge is 2.31. The number of β-amino-alcohol motifs (C(OH)–C–C–N with tert-alkyl or cyclic N) is 1. The minimum atomic E-state index is -0.477. The van der Waals surface area contributed by atoms with Crippen molar-refractivity contribution in [2.24, 2.45) is 0 Å². The molecule has 19 heavy (non-hydrogen) atoms. The molecule has 0 saturated carbocycles. The molecule has 0 aliphatic carbocycles. The number of carbonyl (C=O) groups excluding carboxylic acids is 1. The third-order valence-electron chi connectivity index (χ3n) is 3.14. The molecule has 1 aliphatic heterocycles. The van der Waals surface area contributed by atoms with E-state index in [1.54, 1.807) is 23.3 Å². The number of carbonyl (C=O) groups is 1. The van der Waals surface area contributed by atoms with Crippen LogP contribution < -0.4 is 5.32 Å². The van der Waals surface area contributed by atoms with Gasteiger partial charge in [0, 0.05) is 13.1 Å². The van der Waals surface area contributed by atoms with E-state index < -0.39 is 6.10 Å². The van der Waals surface area contributed by atoms with Gasteiger partial charge in [-0.25, -0.2) is 0 Å². The first kappa shape index (κ1) is 13.6. The molecule has 1 saturated heterocycles. The van der Waals surface area contributed by atoms with Crippen molar-refractivity contribution in [1.29, 1.82) is 5.26 Å². The lowest BCUT2D eigenvalue weighted by Crippen LogP contribution is -2.43. The summed E-state index contributed by atoms with van der Waals surface area (Å²) in [7, 11) is 0. The number of aliphatic hydroxyl groups is 1. The Morgan fingerprint density at radius 1 is 1.68 bits per heavy atom. The largest absolute Gasteiger partial charge is 0.467 e. The van der Waals surface area contributed by atoms with Crippen LogP contribution in [0.1, 0.15) is 18.6 Å². The van der Waals surface area contributed by atoms with Gasteiger partial charge in [-0.05, 0) is 18.6 Å². The first-order chi connectivity index (χ1) is 9.20. The average molecular weight is 263 g/mol. The number of nitrogens with one attached hydrogen (secondary N) is 1. The third-order valence-corrected chi connectivity index (χ3v) is 3.14. The van der Waals surface area contributed by atoms with Gasteiger partial charge in [-0.15, -0.1) is 0 Å². The number of amides is 1. The Labute approximate surface area is 111 Å². The van der Waals surface area contributed by atoms with Crippen LogP contribution in [-0.4, -0.2) is 41.1 Å². The lowest BCUT2D eigenvalue weighted by molar-refractivity contribution is -0.134. The van der Waals surface area contributed by atoms with Gasteiger partial charge >= 0.3 is 0 Å². The highest BCUT2D eigenvalue weighted by atomic mass is 16.3. The van der Waals surface area contributed by atoms with Gasteiger partial charge < -0.3 is 19.7 Å². The van der Waals surface area contributed by atoms with Crippen molar-refractivity contribution in [3.63, 3.8) is 0 Å². The van der Waals surface area contributed by atoms with Crippen LogP contribution in [0.25, 0.3) is 0 Å². The number of hydrogen-bond donors (Lipinski definition) is 2. The van der Waals surface area contributed by atoms with Crippen LogP contribution in [0.4, 0.5) is 0 Å². The Kier molecular flexibility index (Phi) is 4.55. The molecule has 6 nitrogen and oxygen atoms in total. The molecule has 1 aromatic rings. The van der Waals surface area contributed by atoms with Crippen LogP contribution >= 0.6 is 0 Å². The van der Waals surface area contributed by atoms with Crippen molar-refractivity contribution >= 4 is 5.91 Å². The summed E-state index contributed by atoms with van der Waals surface area (Å²) in [4.78, 5) is 13.9. The van der Waals surface area contributed by atoms with Gasteiger partial charge in [0.25, 0.3) is 0 Å². The molecule has 2 unspecified atom stereocenters. The first-order valence-corrected chi connectivity index (χ1v) is 6.30. The minimum Gasteiger partial charge on any atom is -0.467 e. The zero-order valence-electron chi connectivity index (χ0n) is 10.6. The summed E-state index contributed by atoms with van der Waals surface area (Å²) in [6.45, 7) is 1.15. The van der Waals surface area contributed by atoms with E-state index in [-0.39, 0.29) is 18.4 Å². The third kappa shape index (κ3) is 3.56. The summed E-state index contributed by atoms with van der Waals surface area (Å²) in [5.74, 6) is 0.591. The zero-order chi connectivity index (χ0) is 13.7. The highest BCUT2D eigenvalue weighted by molar-refractivity contribution is 5.82. The molecule has 0 spiro atoms. The summed E-state index contributed by atoms with van der Waals surface area (Å²) >= 11 is 0. The smallest absolute Gasteiger partial charge is 0.240 e. The number of nitriles is 1. The summed E-state index contributed by atoms with van der Waals surface area (Å²) in [5.41, 5.74) is 0. The van der Waals surface area contributed by atoms with E-state index in [0.717, 1.165) is 0 Å². The van der Waals surface area contributed by atoms with E-state index in [9.17, 15) is 9.90 Å². The highest BCUT2D eigenvalue weighted by Crippen LogP contribution is 2.13. The predicted molar refractivity (Wildman–Crippen MR) is 66.8 cm³/mol. The minimum absolute atomic E-state index is 0.0943. The summed E-state index contributed by atoms with van der Waals surface area (Å²) in [5, 5.41) is 21.1. The Morgan fingerprint density at radius 3 is 3.11 bits per heavy atom. The lowest BCUT2D eigenvalue weighted by Gasteiger charge is -2.23. The molecule has 1 aliphatic rings. The predicted octanol–water partition coefficient (Wildman–Crippen LogP) is 0.245. The molecule has 1 aromatic heterocycles. The van der Waals surface area contributed by atoms with E-state index in [2.05, 4.69) is 5.32 Å². The number of nitrogens with zero attached hydrogens (tertiary/aromatic N) is 2. The molecule has 2 N–H and O–H groups in total. The van der Waals surface area contributed by atoms with Crippen LogP contribution in [0.15, 0.2) is 22.8 Å². The van der Waals surface area contributed by atoms with Gasteiger partial charge in [0.05, 0.1) is 37.4 Å². The van der Waals surface area contributed by atoms with E-state index in [1.165, 1.54) is 0 Å². The van der Waals surface area contributed by atoms with Gasteiger partial charge in [-0.1, -0.05) is 0 Å². The van der Waals surface area contributed by atoms with Crippen molar-refractivity contribution < 1.29 is 14.3 Å². The maximum absolute atomic E-state index is 12.3. The SMILES string of the molecule is N#CCCN(Cc1ccco1)C(=O)C1CC(O)CN1. The fourth-order valence-electron chi connectivity index (χ4n) is 2.17. The summed E-state index contributed by atoms with van der Waals surface area (Å²) < 4.78 is 5.23. The Balaban J connectivity index is 2.00. The van der Waals surface area contributed by atoms with Crippen molar-refractivity contribution in [2.45, 2.75) is 31.5 Å². The number of aliphatic hydroxyl groups excluding tert-OH is 1. The van der Waals surface area contributed by atoms with E-state index >= 15 is 0 Å². The molecule has 0 bridgehead atoms. The maximum Gasteiger partial charge on any atom is 0.240 e. The van der Waals surface area contributed by atoms with E-state index in [4.69, 9.17) is 9.68 Å². The van der Waals surface area contributed by atoms with Crippen molar-refractivity contribution in [3.8, 4) is 6.07 Å². The molecule has 0 aromatic carbocycles. The fourth-order valence-corrected chi connectivity index (χ4v) is 2.17. The second-order valence-corrected chi connectivity index (χ2v) is 4.60. The van der Waals surface area contributed by atoms with Crippen molar-refractivity contribution in [3.05, 3.63) is 24.2 Å². The molecule has 1 fully saturated rings. The molecule has 0 radical (unpaired) electrons. The van der Waals surface area contributed by atoms with Gasteiger partial charge in [0.1, 0.15) is 5.76 Å². The molecular formula is C13H17N3O3. The molecule has 102 valence electrons. The normalized spacial score (nSPS) is 22.1. The Bertz CT molecular complexity index is 452. The van der Waals surface area contributed by atoms with E-state index in [0.29, 0.717) is 31.8 Å². The lowest BCUT2D eigenvalue weighted by atomic mass is 10.1.